The van der Waals surface area contributed by atoms with Crippen LogP contribution in [0.4, 0.5) is 11.4 Å². The van der Waals surface area contributed by atoms with E-state index in [4.69, 9.17) is 0 Å². The molecule has 124 valence electrons. The number of hydrogen-bond donors (Lipinski definition) is 3. The van der Waals surface area contributed by atoms with Crippen molar-refractivity contribution in [2.45, 2.75) is 31.8 Å². The van der Waals surface area contributed by atoms with Crippen LogP contribution in [0.1, 0.15) is 31.4 Å². The number of carbonyl (C=O) groups is 2. The second-order valence-corrected chi connectivity index (χ2v) is 6.03. The molecule has 0 heterocycles. The predicted molar refractivity (Wildman–Crippen MR) is 94.7 cm³/mol. The molecule has 1 atom stereocenters. The molecule has 2 aromatic carbocycles. The first-order chi connectivity index (χ1) is 11.6. The number of benzene rings is 2. The van der Waals surface area contributed by atoms with E-state index in [0.717, 1.165) is 24.1 Å². The molecule has 0 unspecified atom stereocenters. The van der Waals surface area contributed by atoms with Gasteiger partial charge in [0.05, 0.1) is 0 Å². The van der Waals surface area contributed by atoms with E-state index >= 15 is 0 Å². The van der Waals surface area contributed by atoms with Crippen molar-refractivity contribution in [1.82, 2.24) is 5.32 Å². The fourth-order valence-corrected chi connectivity index (χ4v) is 2.51. The fraction of sp³-hybridized carbons (Fsp3) is 0.263. The van der Waals surface area contributed by atoms with Crippen molar-refractivity contribution in [2.24, 2.45) is 0 Å². The molecule has 0 bridgehead atoms. The first kappa shape index (κ1) is 16.1. The lowest BCUT2D eigenvalue weighted by molar-refractivity contribution is -0.122. The van der Waals surface area contributed by atoms with E-state index in [9.17, 15) is 9.59 Å². The summed E-state index contributed by atoms with van der Waals surface area (Å²) in [5.74, 6) is -0.160. The van der Waals surface area contributed by atoms with Crippen LogP contribution in [0.25, 0.3) is 0 Å². The van der Waals surface area contributed by atoms with Crippen molar-refractivity contribution in [2.75, 3.05) is 10.6 Å². The molecule has 0 aromatic heterocycles. The predicted octanol–water partition coefficient (Wildman–Crippen LogP) is 3.08. The van der Waals surface area contributed by atoms with Crippen molar-refractivity contribution < 1.29 is 9.59 Å². The highest BCUT2D eigenvalue weighted by atomic mass is 16.2. The Balaban J connectivity index is 1.80. The van der Waals surface area contributed by atoms with Crippen LogP contribution < -0.4 is 16.0 Å². The molecule has 0 radical (unpaired) electrons. The summed E-state index contributed by atoms with van der Waals surface area (Å²) in [7, 11) is 0. The van der Waals surface area contributed by atoms with Crippen LogP contribution >= 0.6 is 0 Å². The standard InChI is InChI=1S/C19H21N3O2/c1-13(23)20-16-8-5-9-17(12-16)21-18(14-6-3-2-4-7-14)19(24)22-15-10-11-15/h2-9,12,15,18,21H,10-11H2,1H3,(H,20,23)(H,22,24)/t18-/m1/s1. The second kappa shape index (κ2) is 7.17. The van der Waals surface area contributed by atoms with E-state index in [2.05, 4.69) is 16.0 Å². The van der Waals surface area contributed by atoms with Crippen LogP contribution in [0, 0.1) is 0 Å². The minimum Gasteiger partial charge on any atom is -0.370 e. The maximum atomic E-state index is 12.6. The maximum Gasteiger partial charge on any atom is 0.247 e. The van der Waals surface area contributed by atoms with Crippen LogP contribution in [0.3, 0.4) is 0 Å². The van der Waals surface area contributed by atoms with Gasteiger partial charge in [0.1, 0.15) is 6.04 Å². The number of amides is 2. The molecule has 2 amide bonds. The van der Waals surface area contributed by atoms with Gasteiger partial charge < -0.3 is 16.0 Å². The minimum absolute atomic E-state index is 0.0337. The Bertz CT molecular complexity index is 726. The first-order valence-electron chi connectivity index (χ1n) is 8.11. The fourth-order valence-electron chi connectivity index (χ4n) is 2.51. The summed E-state index contributed by atoms with van der Waals surface area (Å²) in [6, 6.07) is 16.8. The third-order valence-corrected chi connectivity index (χ3v) is 3.81. The van der Waals surface area contributed by atoms with Crippen molar-refractivity contribution in [3.8, 4) is 0 Å². The number of carbonyl (C=O) groups excluding carboxylic acids is 2. The molecule has 2 aromatic rings. The van der Waals surface area contributed by atoms with Crippen LogP contribution in [-0.2, 0) is 9.59 Å². The van der Waals surface area contributed by atoms with Crippen LogP contribution in [0.5, 0.6) is 0 Å². The highest BCUT2D eigenvalue weighted by Crippen LogP contribution is 2.25. The Kier molecular flexibility index (Phi) is 4.79. The van der Waals surface area contributed by atoms with Gasteiger partial charge in [-0.15, -0.1) is 0 Å². The Morgan fingerprint density at radius 2 is 1.71 bits per heavy atom. The van der Waals surface area contributed by atoms with Crippen molar-refractivity contribution in [1.29, 1.82) is 0 Å². The second-order valence-electron chi connectivity index (χ2n) is 6.03. The van der Waals surface area contributed by atoms with E-state index in [0.29, 0.717) is 11.7 Å². The summed E-state index contributed by atoms with van der Waals surface area (Å²) in [5.41, 5.74) is 2.38. The van der Waals surface area contributed by atoms with Gasteiger partial charge in [-0.25, -0.2) is 0 Å². The highest BCUT2D eigenvalue weighted by Gasteiger charge is 2.28. The third kappa shape index (κ3) is 4.35. The highest BCUT2D eigenvalue weighted by molar-refractivity contribution is 5.90. The summed E-state index contributed by atoms with van der Waals surface area (Å²) in [5, 5.41) is 9.08. The van der Waals surface area contributed by atoms with Gasteiger partial charge in [0.2, 0.25) is 11.8 Å². The van der Waals surface area contributed by atoms with E-state index in [1.54, 1.807) is 0 Å². The van der Waals surface area contributed by atoms with Crippen LogP contribution in [0.15, 0.2) is 54.6 Å². The molecule has 3 rings (SSSR count). The van der Waals surface area contributed by atoms with Crippen LogP contribution in [0.2, 0.25) is 0 Å². The summed E-state index contributed by atoms with van der Waals surface area (Å²) in [6.07, 6.45) is 2.09. The molecule has 0 spiro atoms. The van der Waals surface area contributed by atoms with Crippen molar-refractivity contribution >= 4 is 23.2 Å². The van der Waals surface area contributed by atoms with Gasteiger partial charge in [-0.05, 0) is 36.6 Å². The minimum atomic E-state index is -0.473. The molecule has 0 aliphatic heterocycles. The molecular weight excluding hydrogens is 302 g/mol. The average molecular weight is 323 g/mol. The van der Waals surface area contributed by atoms with Gasteiger partial charge >= 0.3 is 0 Å². The van der Waals surface area contributed by atoms with Crippen molar-refractivity contribution in [3.63, 3.8) is 0 Å². The maximum absolute atomic E-state index is 12.6. The largest absolute Gasteiger partial charge is 0.370 e. The summed E-state index contributed by atoms with van der Waals surface area (Å²) >= 11 is 0. The summed E-state index contributed by atoms with van der Waals surface area (Å²) in [4.78, 5) is 23.8. The summed E-state index contributed by atoms with van der Waals surface area (Å²) < 4.78 is 0. The van der Waals surface area contributed by atoms with Gasteiger partial charge in [0, 0.05) is 24.3 Å². The average Bonchev–Trinajstić information content (AvgIpc) is 3.37. The topological polar surface area (TPSA) is 70.2 Å². The van der Waals surface area contributed by atoms with E-state index in [1.807, 2.05) is 54.6 Å². The Labute approximate surface area is 141 Å². The SMILES string of the molecule is CC(=O)Nc1cccc(N[C@@H](C(=O)NC2CC2)c2ccccc2)c1. The molecule has 5 heteroatoms. The number of nitrogens with one attached hydrogen (secondary N) is 3. The Morgan fingerprint density at radius 3 is 2.38 bits per heavy atom. The Morgan fingerprint density at radius 1 is 1.00 bits per heavy atom. The summed E-state index contributed by atoms with van der Waals surface area (Å²) in [6.45, 7) is 1.47. The lowest BCUT2D eigenvalue weighted by Crippen LogP contribution is -2.34. The zero-order valence-electron chi connectivity index (χ0n) is 13.6. The smallest absolute Gasteiger partial charge is 0.247 e. The lowest BCUT2D eigenvalue weighted by atomic mass is 10.1. The van der Waals surface area contributed by atoms with Gasteiger partial charge in [0.25, 0.3) is 0 Å². The van der Waals surface area contributed by atoms with Gasteiger partial charge in [0.15, 0.2) is 0 Å². The lowest BCUT2D eigenvalue weighted by Gasteiger charge is -2.20. The van der Waals surface area contributed by atoms with Gasteiger partial charge in [-0.3, -0.25) is 9.59 Å². The molecule has 1 aliphatic rings. The monoisotopic (exact) mass is 323 g/mol. The number of anilines is 2. The molecule has 3 N–H and O–H groups in total. The normalized spacial score (nSPS) is 14.5. The molecular formula is C19H21N3O2. The number of rotatable bonds is 6. The van der Waals surface area contributed by atoms with E-state index in [1.165, 1.54) is 6.92 Å². The van der Waals surface area contributed by atoms with E-state index in [-0.39, 0.29) is 11.8 Å². The quantitative estimate of drug-likeness (QED) is 0.765. The third-order valence-electron chi connectivity index (χ3n) is 3.81. The molecule has 24 heavy (non-hydrogen) atoms. The molecule has 0 saturated heterocycles. The van der Waals surface area contributed by atoms with E-state index < -0.39 is 6.04 Å². The molecule has 1 aliphatic carbocycles. The van der Waals surface area contributed by atoms with Gasteiger partial charge in [-0.1, -0.05) is 36.4 Å². The van der Waals surface area contributed by atoms with Crippen LogP contribution in [-0.4, -0.2) is 17.9 Å². The molecule has 5 nitrogen and oxygen atoms in total. The molecule has 1 fully saturated rings. The van der Waals surface area contributed by atoms with Crippen molar-refractivity contribution in [3.05, 3.63) is 60.2 Å². The zero-order chi connectivity index (χ0) is 16.9. The first-order valence-corrected chi connectivity index (χ1v) is 8.11. The van der Waals surface area contributed by atoms with Gasteiger partial charge in [-0.2, -0.15) is 0 Å². The Hall–Kier alpha value is -2.82. The number of hydrogen-bond acceptors (Lipinski definition) is 3. The zero-order valence-corrected chi connectivity index (χ0v) is 13.6. The molecule has 1 saturated carbocycles.